The lowest BCUT2D eigenvalue weighted by Crippen LogP contribution is -2.23. The summed E-state index contributed by atoms with van der Waals surface area (Å²) in [6, 6.07) is 5.02. The molecule has 0 aliphatic carbocycles. The first-order chi connectivity index (χ1) is 11.4. The van der Waals surface area contributed by atoms with Gasteiger partial charge in [0, 0.05) is 21.9 Å². The molecule has 0 saturated carbocycles. The van der Waals surface area contributed by atoms with E-state index in [2.05, 4.69) is 15.2 Å². The maximum Gasteiger partial charge on any atom is 0.213 e. The highest BCUT2D eigenvalue weighted by Crippen LogP contribution is 2.30. The number of aliphatic carboxylic acids is 1. The van der Waals surface area contributed by atoms with Crippen LogP contribution in [-0.2, 0) is 11.2 Å². The summed E-state index contributed by atoms with van der Waals surface area (Å²) in [5.41, 5.74) is 0.550. The number of carbonyl (C=O) groups is 1. The van der Waals surface area contributed by atoms with Crippen LogP contribution in [0.4, 0.5) is 0 Å². The van der Waals surface area contributed by atoms with E-state index in [4.69, 9.17) is 16.3 Å². The van der Waals surface area contributed by atoms with E-state index in [1.54, 1.807) is 18.2 Å². The number of thioether (sulfide) groups is 1. The van der Waals surface area contributed by atoms with Gasteiger partial charge in [-0.05, 0) is 49.9 Å². The summed E-state index contributed by atoms with van der Waals surface area (Å²) in [6.45, 7) is 5.69. The predicted octanol–water partition coefficient (Wildman–Crippen LogP) is 2.69. The van der Waals surface area contributed by atoms with Gasteiger partial charge in [-0.1, -0.05) is 18.5 Å². The SMILES string of the molecule is CCc1nc(S/C(=C\c2cc(Cl)ccc2OC(C)C)C(=O)[O-])n[nH]1. The van der Waals surface area contributed by atoms with Gasteiger partial charge in [-0.2, -0.15) is 0 Å². The molecule has 1 heterocycles. The Morgan fingerprint density at radius 1 is 1.50 bits per heavy atom. The third kappa shape index (κ3) is 5.01. The molecule has 0 aliphatic rings. The van der Waals surface area contributed by atoms with Gasteiger partial charge in [-0.3, -0.25) is 5.10 Å². The number of aromatic amines is 1. The van der Waals surface area contributed by atoms with E-state index in [-0.39, 0.29) is 11.0 Å². The molecule has 1 aromatic heterocycles. The van der Waals surface area contributed by atoms with E-state index >= 15 is 0 Å². The predicted molar refractivity (Wildman–Crippen MR) is 91.8 cm³/mol. The van der Waals surface area contributed by atoms with Crippen LogP contribution >= 0.6 is 23.4 Å². The van der Waals surface area contributed by atoms with Crippen molar-refractivity contribution < 1.29 is 14.6 Å². The van der Waals surface area contributed by atoms with Crippen molar-refractivity contribution in [3.05, 3.63) is 39.5 Å². The van der Waals surface area contributed by atoms with Crippen LogP contribution in [0.15, 0.2) is 28.3 Å². The highest BCUT2D eigenvalue weighted by Gasteiger charge is 2.11. The number of ether oxygens (including phenoxy) is 1. The molecule has 0 fully saturated rings. The quantitative estimate of drug-likeness (QED) is 0.598. The largest absolute Gasteiger partial charge is 0.544 e. The van der Waals surface area contributed by atoms with Gasteiger partial charge in [0.25, 0.3) is 0 Å². The molecule has 6 nitrogen and oxygen atoms in total. The van der Waals surface area contributed by atoms with Crippen LogP contribution in [0.1, 0.15) is 32.2 Å². The van der Waals surface area contributed by atoms with Gasteiger partial charge in [-0.25, -0.2) is 4.98 Å². The van der Waals surface area contributed by atoms with Gasteiger partial charge >= 0.3 is 0 Å². The highest BCUT2D eigenvalue weighted by atomic mass is 35.5. The molecule has 0 unspecified atom stereocenters. The number of hydrogen-bond acceptors (Lipinski definition) is 6. The van der Waals surface area contributed by atoms with E-state index in [0.29, 0.717) is 33.7 Å². The Labute approximate surface area is 149 Å². The first-order valence-corrected chi connectivity index (χ1v) is 8.56. The van der Waals surface area contributed by atoms with Crippen molar-refractivity contribution in [1.29, 1.82) is 0 Å². The molecule has 0 spiro atoms. The second kappa shape index (κ2) is 8.21. The smallest absolute Gasteiger partial charge is 0.213 e. The number of aromatic nitrogens is 3. The molecule has 24 heavy (non-hydrogen) atoms. The van der Waals surface area contributed by atoms with E-state index in [1.807, 2.05) is 20.8 Å². The van der Waals surface area contributed by atoms with Crippen molar-refractivity contribution in [2.75, 3.05) is 0 Å². The van der Waals surface area contributed by atoms with Gasteiger partial charge < -0.3 is 14.6 Å². The van der Waals surface area contributed by atoms with Crippen molar-refractivity contribution in [3.63, 3.8) is 0 Å². The molecule has 2 aromatic rings. The molecule has 0 amide bonds. The van der Waals surface area contributed by atoms with Crippen molar-refractivity contribution in [3.8, 4) is 5.75 Å². The number of rotatable bonds is 7. The topological polar surface area (TPSA) is 90.9 Å². The normalized spacial score (nSPS) is 11.8. The third-order valence-corrected chi connectivity index (χ3v) is 3.97. The highest BCUT2D eigenvalue weighted by molar-refractivity contribution is 8.04. The minimum atomic E-state index is -1.32. The van der Waals surface area contributed by atoms with Crippen LogP contribution in [0.3, 0.4) is 0 Å². The van der Waals surface area contributed by atoms with Crippen LogP contribution in [-0.4, -0.2) is 27.3 Å². The van der Waals surface area contributed by atoms with Gasteiger partial charge in [0.1, 0.15) is 11.6 Å². The fraction of sp³-hybridized carbons (Fsp3) is 0.312. The minimum absolute atomic E-state index is 0.0347. The summed E-state index contributed by atoms with van der Waals surface area (Å²) in [5.74, 6) is -0.0990. The number of nitrogens with one attached hydrogen (secondary N) is 1. The Bertz CT molecular complexity index is 759. The molecule has 1 aromatic carbocycles. The van der Waals surface area contributed by atoms with E-state index in [0.717, 1.165) is 11.8 Å². The average molecular weight is 367 g/mol. The number of carboxylic acid groups (broad SMARTS) is 1. The second-order valence-corrected chi connectivity index (χ2v) is 6.61. The van der Waals surface area contributed by atoms with Crippen LogP contribution in [0, 0.1) is 0 Å². The molecular weight excluding hydrogens is 350 g/mol. The third-order valence-electron chi connectivity index (χ3n) is 2.87. The lowest BCUT2D eigenvalue weighted by molar-refractivity contribution is -0.297. The molecular formula is C16H17ClN3O3S-. The number of carbonyl (C=O) groups excluding carboxylic acids is 1. The number of halogens is 1. The van der Waals surface area contributed by atoms with Crippen molar-refractivity contribution in [2.45, 2.75) is 38.5 Å². The van der Waals surface area contributed by atoms with E-state index in [9.17, 15) is 9.90 Å². The van der Waals surface area contributed by atoms with Gasteiger partial charge in [0.15, 0.2) is 0 Å². The molecule has 0 bridgehead atoms. The molecule has 1 N–H and O–H groups in total. The van der Waals surface area contributed by atoms with Crippen LogP contribution < -0.4 is 9.84 Å². The Kier molecular flexibility index (Phi) is 6.28. The average Bonchev–Trinajstić information content (AvgIpc) is 2.96. The molecule has 0 radical (unpaired) electrons. The zero-order valence-corrected chi connectivity index (χ0v) is 15.1. The number of benzene rings is 1. The summed E-state index contributed by atoms with van der Waals surface area (Å²) in [4.78, 5) is 15.6. The summed E-state index contributed by atoms with van der Waals surface area (Å²) < 4.78 is 5.69. The molecule has 0 aliphatic heterocycles. The maximum atomic E-state index is 11.5. The summed E-state index contributed by atoms with van der Waals surface area (Å²) >= 11 is 6.92. The summed E-state index contributed by atoms with van der Waals surface area (Å²) in [7, 11) is 0. The Morgan fingerprint density at radius 2 is 2.25 bits per heavy atom. The van der Waals surface area contributed by atoms with Crippen molar-refractivity contribution >= 4 is 35.4 Å². The monoisotopic (exact) mass is 366 g/mol. The van der Waals surface area contributed by atoms with Gasteiger partial charge in [0.2, 0.25) is 5.16 Å². The zero-order valence-electron chi connectivity index (χ0n) is 13.5. The maximum absolute atomic E-state index is 11.5. The fourth-order valence-corrected chi connectivity index (χ4v) is 2.74. The summed E-state index contributed by atoms with van der Waals surface area (Å²) in [6.07, 6.45) is 2.07. The van der Waals surface area contributed by atoms with E-state index in [1.165, 1.54) is 6.08 Å². The molecule has 0 atom stereocenters. The van der Waals surface area contributed by atoms with Crippen molar-refractivity contribution in [1.82, 2.24) is 15.2 Å². The number of aryl methyl sites for hydroxylation is 1. The Balaban J connectivity index is 2.36. The summed E-state index contributed by atoms with van der Waals surface area (Å²) in [5, 5.41) is 19.0. The number of nitrogens with zero attached hydrogens (tertiary/aromatic N) is 2. The Morgan fingerprint density at radius 3 is 2.83 bits per heavy atom. The molecule has 8 heteroatoms. The van der Waals surface area contributed by atoms with Crippen LogP contribution in [0.2, 0.25) is 5.02 Å². The lowest BCUT2D eigenvalue weighted by Gasteiger charge is -2.14. The van der Waals surface area contributed by atoms with Crippen LogP contribution in [0.25, 0.3) is 6.08 Å². The number of hydrogen-bond donors (Lipinski definition) is 1. The zero-order chi connectivity index (χ0) is 17.7. The standard InChI is InChI=1S/C16H18ClN3O3S/c1-4-14-18-16(20-19-14)24-13(15(21)22)8-10-7-11(17)5-6-12(10)23-9(2)3/h5-9H,4H2,1-3H3,(H,21,22)(H,18,19,20)/p-1/b13-8-. The first-order valence-electron chi connectivity index (χ1n) is 7.37. The van der Waals surface area contributed by atoms with Gasteiger partial charge in [0.05, 0.1) is 12.1 Å². The first kappa shape index (κ1) is 18.4. The number of carboxylic acids is 1. The minimum Gasteiger partial charge on any atom is -0.544 e. The Hall–Kier alpha value is -1.99. The van der Waals surface area contributed by atoms with Crippen molar-refractivity contribution in [2.24, 2.45) is 0 Å². The second-order valence-electron chi connectivity index (χ2n) is 5.17. The fourth-order valence-electron chi connectivity index (χ4n) is 1.84. The number of H-pyrrole nitrogens is 1. The van der Waals surface area contributed by atoms with Crippen LogP contribution in [0.5, 0.6) is 5.75 Å². The van der Waals surface area contributed by atoms with E-state index < -0.39 is 5.97 Å². The van der Waals surface area contributed by atoms with Gasteiger partial charge in [-0.15, -0.1) is 5.10 Å². The lowest BCUT2D eigenvalue weighted by atomic mass is 10.2. The molecule has 2 rings (SSSR count). The molecule has 128 valence electrons. The molecule has 0 saturated heterocycles.